The van der Waals surface area contributed by atoms with Gasteiger partial charge in [-0.05, 0) is 31.0 Å². The second-order valence-electron chi connectivity index (χ2n) is 5.58. The van der Waals surface area contributed by atoms with Crippen LogP contribution in [0.3, 0.4) is 0 Å². The monoisotopic (exact) mass is 402 g/mol. The second-order valence-corrected chi connectivity index (χ2v) is 9.05. The van der Waals surface area contributed by atoms with Crippen LogP contribution in [0, 0.1) is 0 Å². The highest BCUT2D eigenvalue weighted by Crippen LogP contribution is 2.38. The summed E-state index contributed by atoms with van der Waals surface area (Å²) in [5.41, 5.74) is -5.81. The summed E-state index contributed by atoms with van der Waals surface area (Å²) in [7, 11) is -8.68. The largest absolute Gasteiger partial charge is 0.501 e. The number of primary sulfonamides is 1. The minimum absolute atomic E-state index is 0.239. The van der Waals surface area contributed by atoms with Gasteiger partial charge in [0, 0.05) is 26.3 Å². The third-order valence-electron chi connectivity index (χ3n) is 3.97. The van der Waals surface area contributed by atoms with E-state index in [1.54, 1.807) is 0 Å². The van der Waals surface area contributed by atoms with E-state index in [9.17, 15) is 30.0 Å². The summed E-state index contributed by atoms with van der Waals surface area (Å²) in [5, 5.41) is 4.91. The highest BCUT2D eigenvalue weighted by molar-refractivity contribution is 7.92. The van der Waals surface area contributed by atoms with Gasteiger partial charge in [-0.3, -0.25) is 0 Å². The van der Waals surface area contributed by atoms with E-state index in [2.05, 4.69) is 0 Å². The van der Waals surface area contributed by atoms with Gasteiger partial charge >= 0.3 is 5.51 Å². The quantitative estimate of drug-likeness (QED) is 0.812. The van der Waals surface area contributed by atoms with Crippen molar-refractivity contribution in [1.29, 1.82) is 0 Å². The van der Waals surface area contributed by atoms with Crippen LogP contribution in [0.25, 0.3) is 0 Å². The minimum Gasteiger partial charge on any atom is -0.381 e. The SMILES string of the molecule is CN(c1ccc(S(N)(=O)=O)cc1S(=O)(=O)C(F)(F)F)C1CCOCC1. The molecule has 142 valence electrons. The smallest absolute Gasteiger partial charge is 0.381 e. The first-order valence-electron chi connectivity index (χ1n) is 7.14. The number of sulfone groups is 1. The molecule has 1 aliphatic heterocycles. The molecule has 1 saturated heterocycles. The van der Waals surface area contributed by atoms with Crippen LogP contribution >= 0.6 is 0 Å². The van der Waals surface area contributed by atoms with Crippen LogP contribution in [0.2, 0.25) is 0 Å². The first-order chi connectivity index (χ1) is 11.4. The third-order valence-corrected chi connectivity index (χ3v) is 6.40. The zero-order chi connectivity index (χ0) is 19.0. The van der Waals surface area contributed by atoms with Crippen LogP contribution in [0.4, 0.5) is 18.9 Å². The summed E-state index contributed by atoms with van der Waals surface area (Å²) in [6.45, 7) is 0.789. The number of benzene rings is 1. The van der Waals surface area contributed by atoms with Gasteiger partial charge in [-0.25, -0.2) is 22.0 Å². The average Bonchev–Trinajstić information content (AvgIpc) is 2.52. The number of hydrogen-bond donors (Lipinski definition) is 1. The lowest BCUT2D eigenvalue weighted by atomic mass is 10.1. The number of hydrogen-bond acceptors (Lipinski definition) is 6. The molecule has 2 N–H and O–H groups in total. The van der Waals surface area contributed by atoms with Crippen LogP contribution in [-0.4, -0.2) is 48.6 Å². The Labute approximate surface area is 143 Å². The van der Waals surface area contributed by atoms with E-state index >= 15 is 0 Å². The van der Waals surface area contributed by atoms with Crippen molar-refractivity contribution in [2.75, 3.05) is 25.2 Å². The van der Waals surface area contributed by atoms with Gasteiger partial charge in [0.25, 0.3) is 9.84 Å². The van der Waals surface area contributed by atoms with Gasteiger partial charge in [0.1, 0.15) is 4.90 Å². The fourth-order valence-electron chi connectivity index (χ4n) is 2.57. The molecule has 0 radical (unpaired) electrons. The van der Waals surface area contributed by atoms with Crippen LogP contribution in [0.5, 0.6) is 0 Å². The Morgan fingerprint density at radius 3 is 2.20 bits per heavy atom. The molecule has 1 aromatic carbocycles. The summed E-state index contributed by atoms with van der Waals surface area (Å²) in [6.07, 6.45) is 0.998. The number of halogens is 3. The number of rotatable bonds is 4. The van der Waals surface area contributed by atoms with Gasteiger partial charge in [0.05, 0.1) is 10.6 Å². The fourth-order valence-corrected chi connectivity index (χ4v) is 4.21. The summed E-state index contributed by atoms with van der Waals surface area (Å²) in [5.74, 6) is 0. The average molecular weight is 402 g/mol. The highest BCUT2D eigenvalue weighted by atomic mass is 32.2. The van der Waals surface area contributed by atoms with Crippen LogP contribution in [0.1, 0.15) is 12.8 Å². The Kier molecular flexibility index (Phi) is 5.38. The molecule has 1 fully saturated rings. The first-order valence-corrected chi connectivity index (χ1v) is 10.2. The van der Waals surface area contributed by atoms with Gasteiger partial charge in [0.2, 0.25) is 10.0 Å². The zero-order valence-electron chi connectivity index (χ0n) is 13.2. The molecule has 0 amide bonds. The second kappa shape index (κ2) is 6.74. The molecular formula is C13H17F3N2O5S2. The van der Waals surface area contributed by atoms with E-state index in [-0.39, 0.29) is 11.7 Å². The maximum Gasteiger partial charge on any atom is 0.501 e. The Morgan fingerprint density at radius 2 is 1.72 bits per heavy atom. The van der Waals surface area contributed by atoms with Crippen LogP contribution in [-0.2, 0) is 24.6 Å². The van der Waals surface area contributed by atoms with Gasteiger partial charge in [0.15, 0.2) is 0 Å². The first kappa shape index (κ1) is 19.9. The molecule has 0 unspecified atom stereocenters. The Bertz CT molecular complexity index is 847. The van der Waals surface area contributed by atoms with Crippen molar-refractivity contribution < 1.29 is 34.7 Å². The van der Waals surface area contributed by atoms with Gasteiger partial charge in [-0.1, -0.05) is 0 Å². The molecule has 25 heavy (non-hydrogen) atoms. The molecule has 1 heterocycles. The van der Waals surface area contributed by atoms with Crippen molar-refractivity contribution in [2.45, 2.75) is 34.2 Å². The predicted molar refractivity (Wildman–Crippen MR) is 83.3 cm³/mol. The summed E-state index contributed by atoms with van der Waals surface area (Å²) < 4.78 is 90.9. The Balaban J connectivity index is 2.63. The van der Waals surface area contributed by atoms with E-state index in [1.807, 2.05) is 0 Å². The lowest BCUT2D eigenvalue weighted by molar-refractivity contribution is -0.0436. The predicted octanol–water partition coefficient (Wildman–Crippen LogP) is 1.24. The van der Waals surface area contributed by atoms with E-state index in [0.29, 0.717) is 32.1 Å². The van der Waals surface area contributed by atoms with Crippen LogP contribution in [0.15, 0.2) is 28.0 Å². The number of alkyl halides is 3. The summed E-state index contributed by atoms with van der Waals surface area (Å²) in [6, 6.07) is 2.21. The third kappa shape index (κ3) is 4.07. The molecule has 7 nitrogen and oxygen atoms in total. The van der Waals surface area contributed by atoms with Crippen molar-refractivity contribution >= 4 is 25.5 Å². The molecule has 0 spiro atoms. The fraction of sp³-hybridized carbons (Fsp3) is 0.538. The molecular weight excluding hydrogens is 385 g/mol. The van der Waals surface area contributed by atoms with E-state index in [1.165, 1.54) is 11.9 Å². The zero-order valence-corrected chi connectivity index (χ0v) is 14.8. The maximum atomic E-state index is 13.0. The number of nitrogens with two attached hydrogens (primary N) is 1. The summed E-state index contributed by atoms with van der Waals surface area (Å²) in [4.78, 5) is -0.450. The van der Waals surface area contributed by atoms with Crippen molar-refractivity contribution in [3.05, 3.63) is 18.2 Å². The molecule has 2 rings (SSSR count). The number of sulfonamides is 1. The molecule has 0 aromatic heterocycles. The van der Waals surface area contributed by atoms with Gasteiger partial charge in [-0.15, -0.1) is 0 Å². The van der Waals surface area contributed by atoms with Gasteiger partial charge < -0.3 is 9.64 Å². The van der Waals surface area contributed by atoms with Crippen LogP contribution < -0.4 is 10.0 Å². The number of ether oxygens (including phenoxy) is 1. The van der Waals surface area contributed by atoms with Crippen molar-refractivity contribution in [2.24, 2.45) is 5.14 Å². The Hall–Kier alpha value is -1.37. The van der Waals surface area contributed by atoms with E-state index < -0.39 is 35.2 Å². The minimum atomic E-state index is -5.77. The molecule has 1 aliphatic rings. The number of nitrogens with zero attached hydrogens (tertiary/aromatic N) is 1. The molecule has 12 heteroatoms. The van der Waals surface area contributed by atoms with Crippen molar-refractivity contribution in [3.63, 3.8) is 0 Å². The maximum absolute atomic E-state index is 13.0. The molecule has 0 atom stereocenters. The summed E-state index contributed by atoms with van der Waals surface area (Å²) >= 11 is 0. The lowest BCUT2D eigenvalue weighted by Gasteiger charge is -2.34. The van der Waals surface area contributed by atoms with Crippen molar-refractivity contribution in [1.82, 2.24) is 0 Å². The Morgan fingerprint density at radius 1 is 1.16 bits per heavy atom. The number of anilines is 1. The highest BCUT2D eigenvalue weighted by Gasteiger charge is 2.48. The standard InChI is InChI=1S/C13H17F3N2O5S2/c1-18(9-4-6-23-7-5-9)11-3-2-10(25(17,21)22)8-12(11)24(19,20)13(14,15)16/h2-3,8-9H,4-7H2,1H3,(H2,17,21,22). The molecule has 1 aromatic rings. The van der Waals surface area contributed by atoms with E-state index in [4.69, 9.17) is 9.88 Å². The van der Waals surface area contributed by atoms with Crippen molar-refractivity contribution in [3.8, 4) is 0 Å². The molecule has 0 bridgehead atoms. The normalized spacial score (nSPS) is 17.5. The molecule has 0 saturated carbocycles. The topological polar surface area (TPSA) is 107 Å². The van der Waals surface area contributed by atoms with E-state index in [0.717, 1.165) is 12.1 Å². The molecule has 0 aliphatic carbocycles. The van der Waals surface area contributed by atoms with Gasteiger partial charge in [-0.2, -0.15) is 13.2 Å². The lowest BCUT2D eigenvalue weighted by Crippen LogP contribution is -2.38.